The van der Waals surface area contributed by atoms with Crippen LogP contribution in [0.4, 0.5) is 10.6 Å². The van der Waals surface area contributed by atoms with E-state index >= 15 is 0 Å². The van der Waals surface area contributed by atoms with Gasteiger partial charge in [-0.3, -0.25) is 19.7 Å². The van der Waals surface area contributed by atoms with Crippen molar-refractivity contribution in [2.24, 2.45) is 7.05 Å². The van der Waals surface area contributed by atoms with Gasteiger partial charge in [0.05, 0.1) is 0 Å². The van der Waals surface area contributed by atoms with E-state index < -0.39 is 12.0 Å². The maximum absolute atomic E-state index is 11.5. The quantitative estimate of drug-likeness (QED) is 0.727. The molecule has 2 heterocycles. The minimum absolute atomic E-state index is 0.146. The normalized spacial score (nSPS) is 15.9. The van der Waals surface area contributed by atoms with Crippen molar-refractivity contribution in [2.75, 3.05) is 11.4 Å². The molecule has 0 atom stereocenters. The summed E-state index contributed by atoms with van der Waals surface area (Å²) in [6.07, 6.45) is 0.180. The lowest BCUT2D eigenvalue weighted by Gasteiger charge is -2.25. The zero-order valence-corrected chi connectivity index (χ0v) is 9.01. The maximum atomic E-state index is 11.5. The molecule has 0 spiro atoms. The van der Waals surface area contributed by atoms with Crippen LogP contribution in [0.2, 0.25) is 0 Å². The number of carboxylic acid groups (broad SMARTS) is 1. The van der Waals surface area contributed by atoms with Gasteiger partial charge in [-0.2, -0.15) is 5.10 Å². The van der Waals surface area contributed by atoms with E-state index in [1.54, 1.807) is 0 Å². The lowest BCUT2D eigenvalue weighted by Crippen LogP contribution is -2.50. The van der Waals surface area contributed by atoms with Crippen LogP contribution in [0.3, 0.4) is 0 Å². The number of carboxylic acids is 1. The highest BCUT2D eigenvalue weighted by Gasteiger charge is 2.27. The fourth-order valence-corrected chi connectivity index (χ4v) is 1.60. The topological polar surface area (TPSA) is 105 Å². The minimum atomic E-state index is -1.17. The van der Waals surface area contributed by atoms with Gasteiger partial charge in [-0.25, -0.2) is 9.59 Å². The number of aryl methyl sites for hydroxylation is 1. The highest BCUT2D eigenvalue weighted by atomic mass is 16.4. The molecule has 1 fully saturated rings. The second kappa shape index (κ2) is 3.89. The molecule has 17 heavy (non-hydrogen) atoms. The number of imide groups is 1. The first kappa shape index (κ1) is 11.1. The third-order valence-electron chi connectivity index (χ3n) is 2.40. The Labute approximate surface area is 95.8 Å². The summed E-state index contributed by atoms with van der Waals surface area (Å²) in [6.45, 7) is 0.212. The largest absolute Gasteiger partial charge is 0.476 e. The summed E-state index contributed by atoms with van der Waals surface area (Å²) in [6, 6.07) is 0.721. The Hall–Kier alpha value is -2.38. The second-order valence-electron chi connectivity index (χ2n) is 3.57. The number of anilines is 1. The fourth-order valence-electron chi connectivity index (χ4n) is 1.60. The number of aromatic carboxylic acids is 1. The van der Waals surface area contributed by atoms with E-state index in [2.05, 4.69) is 10.4 Å². The molecule has 8 nitrogen and oxygen atoms in total. The molecule has 1 aliphatic heterocycles. The molecule has 0 bridgehead atoms. The van der Waals surface area contributed by atoms with Crippen molar-refractivity contribution < 1.29 is 19.5 Å². The average molecular weight is 238 g/mol. The van der Waals surface area contributed by atoms with Crippen LogP contribution in [0.25, 0.3) is 0 Å². The van der Waals surface area contributed by atoms with Crippen LogP contribution >= 0.6 is 0 Å². The summed E-state index contributed by atoms with van der Waals surface area (Å²) < 4.78 is 1.29. The molecular formula is C9H10N4O4. The number of hydrogen-bond acceptors (Lipinski definition) is 4. The smallest absolute Gasteiger partial charge is 0.356 e. The van der Waals surface area contributed by atoms with E-state index in [-0.39, 0.29) is 24.6 Å². The number of nitrogens with one attached hydrogen (secondary N) is 1. The molecule has 1 aromatic rings. The monoisotopic (exact) mass is 238 g/mol. The van der Waals surface area contributed by atoms with Crippen LogP contribution in [0.5, 0.6) is 0 Å². The second-order valence-corrected chi connectivity index (χ2v) is 3.57. The van der Waals surface area contributed by atoms with Gasteiger partial charge in [0.15, 0.2) is 5.69 Å². The molecule has 0 aliphatic carbocycles. The third kappa shape index (κ3) is 1.96. The molecule has 3 amide bonds. The molecule has 2 N–H and O–H groups in total. The number of aromatic nitrogens is 2. The Balaban J connectivity index is 2.31. The van der Waals surface area contributed by atoms with Gasteiger partial charge in [-0.05, 0) is 0 Å². The van der Waals surface area contributed by atoms with Gasteiger partial charge in [-0.15, -0.1) is 0 Å². The predicted octanol–water partition coefficient (Wildman–Crippen LogP) is -0.435. The Morgan fingerprint density at radius 3 is 2.76 bits per heavy atom. The number of nitrogens with zero attached hydrogens (tertiary/aromatic N) is 3. The highest BCUT2D eigenvalue weighted by molar-refractivity contribution is 6.05. The highest BCUT2D eigenvalue weighted by Crippen LogP contribution is 2.17. The van der Waals surface area contributed by atoms with Gasteiger partial charge in [0.1, 0.15) is 5.82 Å². The molecule has 1 aliphatic rings. The van der Waals surface area contributed by atoms with Crippen LogP contribution in [0.15, 0.2) is 6.07 Å². The zero-order valence-electron chi connectivity index (χ0n) is 9.01. The van der Waals surface area contributed by atoms with Crippen molar-refractivity contribution in [1.29, 1.82) is 0 Å². The van der Waals surface area contributed by atoms with Gasteiger partial charge < -0.3 is 5.11 Å². The van der Waals surface area contributed by atoms with Crippen molar-refractivity contribution in [2.45, 2.75) is 6.42 Å². The number of carbonyl (C=O) groups is 3. The average Bonchev–Trinajstić information content (AvgIpc) is 2.61. The molecule has 0 radical (unpaired) electrons. The van der Waals surface area contributed by atoms with Gasteiger partial charge in [-0.1, -0.05) is 0 Å². The third-order valence-corrected chi connectivity index (χ3v) is 2.40. The van der Waals surface area contributed by atoms with Gasteiger partial charge in [0.2, 0.25) is 5.91 Å². The summed E-state index contributed by atoms with van der Waals surface area (Å²) in [7, 11) is 1.53. The van der Waals surface area contributed by atoms with Crippen LogP contribution < -0.4 is 10.2 Å². The number of rotatable bonds is 2. The summed E-state index contributed by atoms with van der Waals surface area (Å²) >= 11 is 0. The van der Waals surface area contributed by atoms with Gasteiger partial charge >= 0.3 is 12.0 Å². The zero-order chi connectivity index (χ0) is 12.6. The van der Waals surface area contributed by atoms with E-state index in [0.29, 0.717) is 5.82 Å². The molecule has 8 heteroatoms. The Morgan fingerprint density at radius 2 is 2.24 bits per heavy atom. The molecule has 0 aromatic carbocycles. The first-order valence-electron chi connectivity index (χ1n) is 4.87. The minimum Gasteiger partial charge on any atom is -0.476 e. The molecule has 90 valence electrons. The van der Waals surface area contributed by atoms with E-state index in [1.807, 2.05) is 0 Å². The summed E-state index contributed by atoms with van der Waals surface area (Å²) in [5.41, 5.74) is -0.146. The summed E-state index contributed by atoms with van der Waals surface area (Å²) in [5, 5.41) is 14.7. The molecule has 1 aromatic heterocycles. The van der Waals surface area contributed by atoms with Gasteiger partial charge in [0.25, 0.3) is 0 Å². The van der Waals surface area contributed by atoms with Crippen molar-refractivity contribution in [3.8, 4) is 0 Å². The molecule has 0 saturated carbocycles. The van der Waals surface area contributed by atoms with Crippen LogP contribution in [-0.4, -0.2) is 39.3 Å². The van der Waals surface area contributed by atoms with Crippen molar-refractivity contribution in [3.05, 3.63) is 11.8 Å². The van der Waals surface area contributed by atoms with E-state index in [1.165, 1.54) is 22.7 Å². The molecule has 0 unspecified atom stereocenters. The number of hydrogen-bond donors (Lipinski definition) is 2. The number of amides is 3. The van der Waals surface area contributed by atoms with Crippen LogP contribution in [0.1, 0.15) is 16.9 Å². The lowest BCUT2D eigenvalue weighted by molar-refractivity contribution is -0.120. The van der Waals surface area contributed by atoms with E-state index in [9.17, 15) is 14.4 Å². The summed E-state index contributed by atoms with van der Waals surface area (Å²) in [4.78, 5) is 34.5. The maximum Gasteiger partial charge on any atom is 0.356 e. The Morgan fingerprint density at radius 1 is 1.53 bits per heavy atom. The van der Waals surface area contributed by atoms with E-state index in [4.69, 9.17) is 5.11 Å². The summed E-state index contributed by atoms with van der Waals surface area (Å²) in [5.74, 6) is -1.17. The standard InChI is InChI=1S/C9H10N4O4/c1-12-7(4-5(11-12)8(15)16)13-3-2-6(14)10-9(13)17/h4H,2-3H2,1H3,(H,15,16)(H,10,14,17). The SMILES string of the molecule is Cn1nc(C(=O)O)cc1N1CCC(=O)NC1=O. The lowest BCUT2D eigenvalue weighted by atomic mass is 10.3. The van der Waals surface area contributed by atoms with Crippen molar-refractivity contribution in [1.82, 2.24) is 15.1 Å². The Bertz CT molecular complexity index is 507. The van der Waals surface area contributed by atoms with Crippen molar-refractivity contribution >= 4 is 23.7 Å². The fraction of sp³-hybridized carbons (Fsp3) is 0.333. The first-order valence-corrected chi connectivity index (χ1v) is 4.87. The predicted molar refractivity (Wildman–Crippen MR) is 55.7 cm³/mol. The molecule has 1 saturated heterocycles. The van der Waals surface area contributed by atoms with Crippen LogP contribution in [0, 0.1) is 0 Å². The number of carbonyl (C=O) groups excluding carboxylic acids is 2. The Kier molecular flexibility index (Phi) is 2.54. The first-order chi connectivity index (χ1) is 7.99. The van der Waals surface area contributed by atoms with E-state index in [0.717, 1.165) is 0 Å². The molecule has 2 rings (SSSR count). The molecular weight excluding hydrogens is 228 g/mol. The van der Waals surface area contributed by atoms with Crippen molar-refractivity contribution in [3.63, 3.8) is 0 Å². The number of urea groups is 1. The van der Waals surface area contributed by atoms with Crippen LogP contribution in [-0.2, 0) is 11.8 Å². The van der Waals surface area contributed by atoms with Gasteiger partial charge in [0, 0.05) is 26.1 Å².